The molecule has 8 nitrogen and oxygen atoms in total. The SMILES string of the molecule is COCCCN1C(=O)C(=O)/C(=C(/O)c2cc(Cl)c(OC)c(Cl)c2OC)C1c1cccc(OCc2ccccc2)c1. The Hall–Kier alpha value is -3.72. The van der Waals surface area contributed by atoms with Crippen molar-refractivity contribution in [3.8, 4) is 17.2 Å². The molecule has 1 atom stereocenters. The Morgan fingerprint density at radius 1 is 0.950 bits per heavy atom. The third kappa shape index (κ3) is 5.89. The Morgan fingerprint density at radius 3 is 2.35 bits per heavy atom. The van der Waals surface area contributed by atoms with Gasteiger partial charge in [-0.25, -0.2) is 0 Å². The van der Waals surface area contributed by atoms with E-state index in [9.17, 15) is 14.7 Å². The Bertz CT molecular complexity index is 1430. The van der Waals surface area contributed by atoms with Crippen molar-refractivity contribution < 1.29 is 33.6 Å². The molecule has 3 aromatic rings. The van der Waals surface area contributed by atoms with E-state index in [0.29, 0.717) is 30.9 Å². The summed E-state index contributed by atoms with van der Waals surface area (Å²) in [6.45, 7) is 0.933. The summed E-state index contributed by atoms with van der Waals surface area (Å²) >= 11 is 12.8. The second-order valence-corrected chi connectivity index (χ2v) is 9.76. The largest absolute Gasteiger partial charge is 0.507 e. The van der Waals surface area contributed by atoms with E-state index in [2.05, 4.69) is 0 Å². The van der Waals surface area contributed by atoms with E-state index in [1.807, 2.05) is 30.3 Å². The molecule has 0 bridgehead atoms. The second-order valence-electron chi connectivity index (χ2n) is 8.97. The van der Waals surface area contributed by atoms with Crippen LogP contribution in [0.4, 0.5) is 0 Å². The summed E-state index contributed by atoms with van der Waals surface area (Å²) in [5.74, 6) is -1.33. The predicted octanol–water partition coefficient (Wildman–Crippen LogP) is 6.05. The van der Waals surface area contributed by atoms with Gasteiger partial charge in [0.15, 0.2) is 11.5 Å². The Kier molecular flexibility index (Phi) is 9.58. The van der Waals surface area contributed by atoms with Crippen LogP contribution in [-0.4, -0.2) is 56.2 Å². The molecule has 1 fully saturated rings. The normalized spacial score (nSPS) is 16.3. The lowest BCUT2D eigenvalue weighted by molar-refractivity contribution is -0.140. The number of ketones is 1. The Balaban J connectivity index is 1.82. The molecule has 1 amide bonds. The molecule has 0 radical (unpaired) electrons. The minimum absolute atomic E-state index is 0.0150. The van der Waals surface area contributed by atoms with Crippen molar-refractivity contribution >= 4 is 40.7 Å². The van der Waals surface area contributed by atoms with E-state index in [1.165, 1.54) is 25.2 Å². The molecule has 0 saturated carbocycles. The van der Waals surface area contributed by atoms with Gasteiger partial charge in [0.2, 0.25) is 0 Å². The lowest BCUT2D eigenvalue weighted by Crippen LogP contribution is -2.31. The standard InChI is InChI=1S/C30H29Cl2NO7/c1-37-14-8-13-33-25(19-11-7-12-20(15-19)40-17-18-9-5-4-6-10-18)23(27(35)30(33)36)26(34)21-16-22(31)29(39-3)24(32)28(21)38-2/h4-7,9-12,15-16,25,34H,8,13-14,17H2,1-3H3/b26-23+. The van der Waals surface area contributed by atoms with Gasteiger partial charge < -0.3 is 29.0 Å². The number of aliphatic hydroxyl groups is 1. The van der Waals surface area contributed by atoms with E-state index < -0.39 is 23.5 Å². The number of benzene rings is 3. The van der Waals surface area contributed by atoms with Gasteiger partial charge in [0.05, 0.1) is 36.4 Å². The van der Waals surface area contributed by atoms with Gasteiger partial charge in [-0.15, -0.1) is 0 Å². The molecule has 1 N–H and O–H groups in total. The minimum Gasteiger partial charge on any atom is -0.507 e. The number of halogens is 2. The number of aliphatic hydroxyl groups excluding tert-OH is 1. The van der Waals surface area contributed by atoms with Gasteiger partial charge in [-0.3, -0.25) is 9.59 Å². The summed E-state index contributed by atoms with van der Waals surface area (Å²) in [7, 11) is 4.31. The molecular formula is C30H29Cl2NO7. The Morgan fingerprint density at radius 2 is 1.68 bits per heavy atom. The molecule has 1 aliphatic rings. The first-order valence-electron chi connectivity index (χ1n) is 12.5. The van der Waals surface area contributed by atoms with Gasteiger partial charge in [0.1, 0.15) is 23.1 Å². The quantitative estimate of drug-likeness (QED) is 0.127. The zero-order valence-corrected chi connectivity index (χ0v) is 23.8. The number of likely N-dealkylation sites (tertiary alicyclic amines) is 1. The van der Waals surface area contributed by atoms with E-state index >= 15 is 0 Å². The summed E-state index contributed by atoms with van der Waals surface area (Å²) in [5.41, 5.74) is 1.49. The van der Waals surface area contributed by atoms with E-state index in [-0.39, 0.29) is 39.2 Å². The summed E-state index contributed by atoms with van der Waals surface area (Å²) in [4.78, 5) is 28.1. The topological polar surface area (TPSA) is 94.5 Å². The average Bonchev–Trinajstić information content (AvgIpc) is 3.21. The number of carbonyl (C=O) groups is 2. The van der Waals surface area contributed by atoms with Crippen LogP contribution in [0.5, 0.6) is 17.2 Å². The van der Waals surface area contributed by atoms with Crippen LogP contribution in [0.25, 0.3) is 5.76 Å². The lowest BCUT2D eigenvalue weighted by atomic mass is 9.94. The van der Waals surface area contributed by atoms with Crippen LogP contribution < -0.4 is 14.2 Å². The van der Waals surface area contributed by atoms with E-state index in [4.69, 9.17) is 42.1 Å². The van der Waals surface area contributed by atoms with Crippen molar-refractivity contribution in [2.45, 2.75) is 19.1 Å². The monoisotopic (exact) mass is 585 g/mol. The van der Waals surface area contributed by atoms with Crippen LogP contribution >= 0.6 is 23.2 Å². The van der Waals surface area contributed by atoms with Gasteiger partial charge in [0, 0.05) is 20.3 Å². The fourth-order valence-electron chi connectivity index (χ4n) is 4.64. The van der Waals surface area contributed by atoms with Crippen LogP contribution in [0.1, 0.15) is 29.2 Å². The molecule has 1 saturated heterocycles. The summed E-state index contributed by atoms with van der Waals surface area (Å²) in [6, 6.07) is 17.2. The van der Waals surface area contributed by atoms with Gasteiger partial charge in [0.25, 0.3) is 11.7 Å². The molecule has 1 unspecified atom stereocenters. The summed E-state index contributed by atoms with van der Waals surface area (Å²) in [5, 5.41) is 11.7. The molecule has 10 heteroatoms. The maximum Gasteiger partial charge on any atom is 0.295 e. The molecule has 0 aromatic heterocycles. The van der Waals surface area contributed by atoms with Crippen LogP contribution in [-0.2, 0) is 20.9 Å². The zero-order chi connectivity index (χ0) is 28.8. The number of hydrogen-bond acceptors (Lipinski definition) is 7. The van der Waals surface area contributed by atoms with Crippen molar-refractivity contribution in [2.75, 3.05) is 34.5 Å². The van der Waals surface area contributed by atoms with Crippen LogP contribution in [0, 0.1) is 0 Å². The summed E-state index contributed by atoms with van der Waals surface area (Å²) < 4.78 is 21.9. The van der Waals surface area contributed by atoms with Gasteiger partial charge in [-0.2, -0.15) is 0 Å². The van der Waals surface area contributed by atoms with E-state index in [1.54, 1.807) is 31.4 Å². The lowest BCUT2D eigenvalue weighted by Gasteiger charge is -2.26. The van der Waals surface area contributed by atoms with Crippen molar-refractivity contribution in [3.05, 3.63) is 93.0 Å². The third-order valence-electron chi connectivity index (χ3n) is 6.50. The average molecular weight is 586 g/mol. The highest BCUT2D eigenvalue weighted by atomic mass is 35.5. The van der Waals surface area contributed by atoms with Gasteiger partial charge >= 0.3 is 0 Å². The fourth-order valence-corrected chi connectivity index (χ4v) is 5.33. The van der Waals surface area contributed by atoms with E-state index in [0.717, 1.165) is 5.56 Å². The molecular weight excluding hydrogens is 557 g/mol. The van der Waals surface area contributed by atoms with Gasteiger partial charge in [-0.05, 0) is 35.7 Å². The third-order valence-corrected chi connectivity index (χ3v) is 7.13. The number of ether oxygens (including phenoxy) is 4. The molecule has 1 aliphatic heterocycles. The second kappa shape index (κ2) is 13.1. The number of nitrogens with zero attached hydrogens (tertiary/aromatic N) is 1. The molecule has 0 spiro atoms. The molecule has 40 heavy (non-hydrogen) atoms. The Labute approximate surface area is 242 Å². The van der Waals surface area contributed by atoms with Crippen molar-refractivity contribution in [1.29, 1.82) is 0 Å². The number of hydrogen-bond donors (Lipinski definition) is 1. The fraction of sp³-hybridized carbons (Fsp3) is 0.267. The molecule has 0 aliphatic carbocycles. The van der Waals surface area contributed by atoms with Crippen LogP contribution in [0.2, 0.25) is 10.0 Å². The minimum atomic E-state index is -0.915. The van der Waals surface area contributed by atoms with Crippen molar-refractivity contribution in [1.82, 2.24) is 4.90 Å². The maximum absolute atomic E-state index is 13.4. The number of methoxy groups -OCH3 is 3. The number of amides is 1. The highest BCUT2D eigenvalue weighted by Crippen LogP contribution is 2.47. The first-order chi connectivity index (χ1) is 19.3. The van der Waals surface area contributed by atoms with Crippen LogP contribution in [0.3, 0.4) is 0 Å². The molecule has 210 valence electrons. The highest BCUT2D eigenvalue weighted by molar-refractivity contribution is 6.47. The first kappa shape index (κ1) is 29.3. The maximum atomic E-state index is 13.4. The predicted molar refractivity (Wildman–Crippen MR) is 152 cm³/mol. The van der Waals surface area contributed by atoms with Crippen molar-refractivity contribution in [3.63, 3.8) is 0 Å². The first-order valence-corrected chi connectivity index (χ1v) is 13.2. The van der Waals surface area contributed by atoms with Crippen molar-refractivity contribution in [2.24, 2.45) is 0 Å². The molecule has 3 aromatic carbocycles. The van der Waals surface area contributed by atoms with Gasteiger partial charge in [-0.1, -0.05) is 65.7 Å². The zero-order valence-electron chi connectivity index (χ0n) is 22.3. The summed E-state index contributed by atoms with van der Waals surface area (Å²) in [6.07, 6.45) is 0.480. The number of Topliss-reactive ketones (excluding diaryl/α,β-unsaturated/α-hetero) is 1. The molecule has 1 heterocycles. The number of carbonyl (C=O) groups excluding carboxylic acids is 2. The smallest absolute Gasteiger partial charge is 0.295 e. The van der Waals surface area contributed by atoms with Crippen LogP contribution in [0.15, 0.2) is 66.2 Å². The highest BCUT2D eigenvalue weighted by Gasteiger charge is 2.46. The molecule has 4 rings (SSSR count). The number of rotatable bonds is 11.